The summed E-state index contributed by atoms with van der Waals surface area (Å²) >= 11 is 0. The Morgan fingerprint density at radius 1 is 0.372 bits per heavy atom. The molecule has 12 aliphatic rings. The van der Waals surface area contributed by atoms with Gasteiger partial charge < -0.3 is 0 Å². The van der Waals surface area contributed by atoms with Crippen LogP contribution in [0.2, 0.25) is 0 Å². The summed E-state index contributed by atoms with van der Waals surface area (Å²) in [7, 11) is 0. The second-order valence-corrected chi connectivity index (χ2v) is 20.3. The lowest BCUT2D eigenvalue weighted by Gasteiger charge is -2.42. The van der Waals surface area contributed by atoms with Crippen LogP contribution in [-0.2, 0) is 0 Å². The predicted octanol–water partition coefficient (Wildman–Crippen LogP) is 10.4. The highest BCUT2D eigenvalue weighted by Crippen LogP contribution is 2.74. The third kappa shape index (κ3) is 2.81. The first-order valence-corrected chi connectivity index (χ1v) is 20.3. The van der Waals surface area contributed by atoms with Gasteiger partial charge in [0.15, 0.2) is 0 Å². The minimum Gasteiger partial charge on any atom is -0.0550 e. The number of benzene rings is 1. The van der Waals surface area contributed by atoms with Crippen LogP contribution in [0, 0.1) is 113 Å². The number of hydrogen-bond acceptors (Lipinski definition) is 0. The SMILES string of the molecule is Cc1c(C2CC3CC2C2C4CCC(C4)C32)cc(C2CC3CC2C2C4CCC(C4)C32)cc1C1CC2CC1C1C3CCC(C3)C21. The molecule has 0 nitrogen and oxygen atoms in total. The fourth-order valence-corrected chi connectivity index (χ4v) is 19.6. The second kappa shape index (κ2) is 8.01. The minimum atomic E-state index is 0.923. The van der Waals surface area contributed by atoms with Gasteiger partial charge in [0.2, 0.25) is 0 Å². The third-order valence-electron chi connectivity index (χ3n) is 19.9. The second-order valence-electron chi connectivity index (χ2n) is 20.3. The maximum absolute atomic E-state index is 2.97. The van der Waals surface area contributed by atoms with Crippen LogP contribution in [0.4, 0.5) is 0 Å². The molecule has 43 heavy (non-hydrogen) atoms. The van der Waals surface area contributed by atoms with E-state index in [1.165, 1.54) is 0 Å². The van der Waals surface area contributed by atoms with Gasteiger partial charge in [-0.25, -0.2) is 0 Å². The van der Waals surface area contributed by atoms with Crippen molar-refractivity contribution in [3.63, 3.8) is 0 Å². The van der Waals surface area contributed by atoms with Crippen molar-refractivity contribution in [2.75, 3.05) is 0 Å². The fourth-order valence-electron chi connectivity index (χ4n) is 19.6. The van der Waals surface area contributed by atoms with E-state index < -0.39 is 0 Å². The molecule has 1 aromatic rings. The average Bonchev–Trinajstić information content (AvgIpc) is 3.89. The predicted molar refractivity (Wildman–Crippen MR) is 171 cm³/mol. The van der Waals surface area contributed by atoms with Gasteiger partial charge in [0.1, 0.15) is 0 Å². The first kappa shape index (κ1) is 24.4. The Kier molecular flexibility index (Phi) is 4.55. The molecule has 12 saturated carbocycles. The van der Waals surface area contributed by atoms with Crippen LogP contribution in [-0.4, -0.2) is 0 Å². The van der Waals surface area contributed by atoms with E-state index in [-0.39, 0.29) is 0 Å². The number of fused-ring (bicyclic) bond motifs is 27. The van der Waals surface area contributed by atoms with Gasteiger partial charge in [0.25, 0.3) is 0 Å². The van der Waals surface area contributed by atoms with Crippen molar-refractivity contribution in [3.8, 4) is 0 Å². The van der Waals surface area contributed by atoms with Crippen molar-refractivity contribution in [1.29, 1.82) is 0 Å². The summed E-state index contributed by atoms with van der Waals surface area (Å²) in [5.74, 6) is 22.9. The van der Waals surface area contributed by atoms with Crippen LogP contribution in [0.3, 0.4) is 0 Å². The van der Waals surface area contributed by atoms with Crippen LogP contribution >= 0.6 is 0 Å². The first-order valence-electron chi connectivity index (χ1n) is 20.3. The topological polar surface area (TPSA) is 0 Å². The van der Waals surface area contributed by atoms with Gasteiger partial charge in [0.05, 0.1) is 0 Å². The Hall–Kier alpha value is -0.780. The molecule has 21 unspecified atom stereocenters. The quantitative estimate of drug-likeness (QED) is 0.316. The van der Waals surface area contributed by atoms with Gasteiger partial charge in [-0.1, -0.05) is 12.1 Å². The highest BCUT2D eigenvalue weighted by Gasteiger charge is 2.65. The molecule has 0 N–H and O–H groups in total. The molecule has 0 aromatic heterocycles. The lowest BCUT2D eigenvalue weighted by molar-refractivity contribution is 0.127. The highest BCUT2D eigenvalue weighted by molar-refractivity contribution is 5.47. The number of rotatable bonds is 3. The molecule has 0 spiro atoms. The van der Waals surface area contributed by atoms with E-state index in [9.17, 15) is 0 Å². The van der Waals surface area contributed by atoms with Crippen LogP contribution in [0.1, 0.15) is 136 Å². The van der Waals surface area contributed by atoms with Gasteiger partial charge in [-0.05, 0) is 250 Å². The van der Waals surface area contributed by atoms with E-state index in [2.05, 4.69) is 19.1 Å². The molecule has 0 amide bonds. The van der Waals surface area contributed by atoms with Crippen molar-refractivity contribution in [2.45, 2.75) is 121 Å². The lowest BCUT2D eigenvalue weighted by Crippen LogP contribution is -2.34. The summed E-state index contributed by atoms with van der Waals surface area (Å²) in [6.07, 6.45) is 24.1. The Balaban J connectivity index is 0.913. The Morgan fingerprint density at radius 3 is 1.14 bits per heavy atom. The maximum atomic E-state index is 2.97. The molecule has 0 aliphatic heterocycles. The maximum Gasteiger partial charge on any atom is -0.0125 e. The van der Waals surface area contributed by atoms with Gasteiger partial charge in [-0.3, -0.25) is 0 Å². The molecule has 0 radical (unpaired) electrons. The summed E-state index contributed by atoms with van der Waals surface area (Å²) in [6, 6.07) is 5.93. The van der Waals surface area contributed by atoms with Gasteiger partial charge in [0, 0.05) is 0 Å². The molecule has 228 valence electrons. The molecular formula is C43H56. The summed E-state index contributed by atoms with van der Waals surface area (Å²) in [5, 5.41) is 0. The van der Waals surface area contributed by atoms with E-state index in [0.29, 0.717) is 0 Å². The fraction of sp³-hybridized carbons (Fsp3) is 0.860. The zero-order valence-electron chi connectivity index (χ0n) is 26.9. The Labute approximate surface area is 261 Å². The highest BCUT2D eigenvalue weighted by atomic mass is 14.7. The Bertz CT molecular complexity index is 1330. The van der Waals surface area contributed by atoms with Gasteiger partial charge >= 0.3 is 0 Å². The molecule has 0 saturated heterocycles. The summed E-state index contributed by atoms with van der Waals surface area (Å²) in [4.78, 5) is 0. The van der Waals surface area contributed by atoms with E-state index >= 15 is 0 Å². The molecule has 0 heterocycles. The van der Waals surface area contributed by atoms with Crippen molar-refractivity contribution in [2.24, 2.45) is 107 Å². The Morgan fingerprint density at radius 2 is 0.721 bits per heavy atom. The van der Waals surface area contributed by atoms with E-state index in [1.807, 2.05) is 22.3 Å². The lowest BCUT2D eigenvalue weighted by atomic mass is 9.62. The van der Waals surface area contributed by atoms with Crippen LogP contribution in [0.15, 0.2) is 12.1 Å². The van der Waals surface area contributed by atoms with Crippen molar-refractivity contribution >= 4 is 0 Å². The average molecular weight is 573 g/mol. The summed E-state index contributed by atoms with van der Waals surface area (Å²) in [6.45, 7) is 2.68. The molecule has 0 heteroatoms. The third-order valence-corrected chi connectivity index (χ3v) is 19.9. The molecule has 1 aromatic carbocycles. The van der Waals surface area contributed by atoms with Gasteiger partial charge in [-0.15, -0.1) is 0 Å². The van der Waals surface area contributed by atoms with Crippen molar-refractivity contribution < 1.29 is 0 Å². The van der Waals surface area contributed by atoms with E-state index in [4.69, 9.17) is 0 Å². The smallest absolute Gasteiger partial charge is 0.0125 e. The molecule has 12 aliphatic carbocycles. The normalized spacial score (nSPS) is 63.2. The van der Waals surface area contributed by atoms with Crippen LogP contribution in [0.25, 0.3) is 0 Å². The summed E-state index contributed by atoms with van der Waals surface area (Å²) in [5.41, 5.74) is 7.64. The van der Waals surface area contributed by atoms with E-state index in [0.717, 1.165) is 124 Å². The molecular weight excluding hydrogens is 516 g/mol. The number of hydrogen-bond donors (Lipinski definition) is 0. The minimum absolute atomic E-state index is 0.923. The van der Waals surface area contributed by atoms with E-state index in [1.54, 1.807) is 96.3 Å². The van der Waals surface area contributed by atoms with Crippen LogP contribution < -0.4 is 0 Å². The largest absolute Gasteiger partial charge is 0.0550 e. The van der Waals surface area contributed by atoms with Gasteiger partial charge in [-0.2, -0.15) is 0 Å². The zero-order chi connectivity index (χ0) is 27.5. The van der Waals surface area contributed by atoms with Crippen molar-refractivity contribution in [3.05, 3.63) is 34.4 Å². The monoisotopic (exact) mass is 572 g/mol. The molecule has 13 rings (SSSR count). The van der Waals surface area contributed by atoms with Crippen molar-refractivity contribution in [1.82, 2.24) is 0 Å². The van der Waals surface area contributed by atoms with Crippen LogP contribution in [0.5, 0.6) is 0 Å². The standard InChI is InChI=1S/C43H56/c1-19-30(33-14-28-17-36(33)42-24-6-3-21(9-24)39(28)42)11-26(32-13-27-16-35(32)41-23-5-2-20(8-23)38(27)41)12-31(19)34-15-29-18-37(34)43-25-7-4-22(10-25)40(29)43/h11-12,20-25,27-29,32-43H,2-10,13-18H2,1H3. The zero-order valence-corrected chi connectivity index (χ0v) is 26.9. The molecule has 21 atom stereocenters. The molecule has 12 bridgehead atoms. The molecule has 12 fully saturated rings. The first-order chi connectivity index (χ1) is 21.2. The summed E-state index contributed by atoms with van der Waals surface area (Å²) < 4.78 is 0.